The number of ketones is 2. The molecule has 2 aromatic carbocycles. The monoisotopic (exact) mass is 722 g/mol. The molecule has 3 N–H and O–H groups in total. The van der Waals surface area contributed by atoms with Crippen LogP contribution in [0.4, 0.5) is 0 Å². The fraction of sp³-hybridized carbons (Fsp3) is 0.474. The van der Waals surface area contributed by atoms with Gasteiger partial charge in [-0.15, -0.1) is 0 Å². The summed E-state index contributed by atoms with van der Waals surface area (Å²) in [5.41, 5.74) is -7.57. The van der Waals surface area contributed by atoms with Crippen LogP contribution in [0.3, 0.4) is 0 Å². The number of carbonyl (C=O) groups is 6. The number of ether oxygens (including phenoxy) is 5. The van der Waals surface area contributed by atoms with Gasteiger partial charge in [0, 0.05) is 25.3 Å². The Balaban J connectivity index is 1.82. The Morgan fingerprint density at radius 1 is 0.769 bits per heavy atom. The minimum Gasteiger partial charge on any atom is -0.459 e. The second-order valence-corrected chi connectivity index (χ2v) is 14.2. The van der Waals surface area contributed by atoms with Crippen LogP contribution in [0.15, 0.2) is 72.8 Å². The van der Waals surface area contributed by atoms with Crippen molar-refractivity contribution in [2.75, 3.05) is 0 Å². The average Bonchev–Trinajstić information content (AvgIpc) is 3.90. The molecule has 52 heavy (non-hydrogen) atoms. The molecule has 0 amide bonds. The molecule has 3 aliphatic rings. The summed E-state index contributed by atoms with van der Waals surface area (Å²) in [6.07, 6.45) is -12.7. The highest BCUT2D eigenvalue weighted by molar-refractivity contribution is 5.96. The first-order valence-electron chi connectivity index (χ1n) is 16.7. The van der Waals surface area contributed by atoms with Crippen molar-refractivity contribution in [2.24, 2.45) is 17.3 Å². The lowest BCUT2D eigenvalue weighted by Crippen LogP contribution is -2.63. The smallest absolute Gasteiger partial charge is 0.338 e. The second kappa shape index (κ2) is 14.0. The van der Waals surface area contributed by atoms with E-state index in [-0.39, 0.29) is 11.1 Å². The summed E-state index contributed by atoms with van der Waals surface area (Å²) in [7, 11) is 0. The highest BCUT2D eigenvalue weighted by Crippen LogP contribution is 2.55. The van der Waals surface area contributed by atoms with Gasteiger partial charge in [0.1, 0.15) is 23.9 Å². The molecule has 11 atom stereocenters. The number of aliphatic hydroxyl groups excluding tert-OH is 2. The summed E-state index contributed by atoms with van der Waals surface area (Å²) in [6.45, 7) is 11.3. The van der Waals surface area contributed by atoms with Crippen LogP contribution in [0.5, 0.6) is 0 Å². The number of hydrogen-bond acceptors (Lipinski definition) is 14. The summed E-state index contributed by atoms with van der Waals surface area (Å²) in [6, 6.07) is 15.0. The molecular weight excluding hydrogens is 680 g/mol. The van der Waals surface area contributed by atoms with E-state index in [0.717, 1.165) is 20.8 Å². The quantitative estimate of drug-likeness (QED) is 0.168. The van der Waals surface area contributed by atoms with Crippen molar-refractivity contribution in [2.45, 2.75) is 95.5 Å². The van der Waals surface area contributed by atoms with E-state index in [0.29, 0.717) is 0 Å². The number of fused-ring (bicyclic) bond motifs is 2. The van der Waals surface area contributed by atoms with Gasteiger partial charge in [-0.1, -0.05) is 63.7 Å². The molecule has 1 heterocycles. The first-order chi connectivity index (χ1) is 24.3. The molecule has 1 aliphatic heterocycles. The zero-order chi connectivity index (χ0) is 38.5. The van der Waals surface area contributed by atoms with Crippen LogP contribution in [0.2, 0.25) is 0 Å². The van der Waals surface area contributed by atoms with Gasteiger partial charge in [0.15, 0.2) is 23.8 Å². The van der Waals surface area contributed by atoms with Gasteiger partial charge in [0.25, 0.3) is 0 Å². The molecule has 0 bridgehead atoms. The molecule has 0 unspecified atom stereocenters. The topological polar surface area (TPSA) is 213 Å². The number of hydrogen-bond donors (Lipinski definition) is 3. The fourth-order valence-corrected chi connectivity index (χ4v) is 7.47. The van der Waals surface area contributed by atoms with Crippen molar-refractivity contribution < 1.29 is 67.8 Å². The van der Waals surface area contributed by atoms with Crippen LogP contribution in [-0.2, 0) is 42.9 Å². The summed E-state index contributed by atoms with van der Waals surface area (Å²) in [4.78, 5) is 82.1. The van der Waals surface area contributed by atoms with Crippen molar-refractivity contribution in [3.05, 3.63) is 83.9 Å². The number of aliphatic hydroxyl groups is 3. The van der Waals surface area contributed by atoms with Gasteiger partial charge in [-0.25, -0.2) is 9.59 Å². The third-order valence-electron chi connectivity index (χ3n) is 10.2. The van der Waals surface area contributed by atoms with E-state index in [9.17, 15) is 44.1 Å². The van der Waals surface area contributed by atoms with E-state index in [2.05, 4.69) is 6.58 Å². The van der Waals surface area contributed by atoms with Crippen LogP contribution in [0.25, 0.3) is 0 Å². The van der Waals surface area contributed by atoms with E-state index in [1.165, 1.54) is 69.3 Å². The predicted molar refractivity (Wildman–Crippen MR) is 178 cm³/mol. The maximum absolute atomic E-state index is 14.9. The molecule has 278 valence electrons. The molecule has 1 saturated heterocycles. The van der Waals surface area contributed by atoms with E-state index in [4.69, 9.17) is 23.7 Å². The lowest BCUT2D eigenvalue weighted by molar-refractivity contribution is -0.196. The second-order valence-electron chi connectivity index (χ2n) is 14.2. The van der Waals surface area contributed by atoms with Crippen molar-refractivity contribution >= 4 is 35.4 Å². The molecular formula is C38H42O14. The van der Waals surface area contributed by atoms with Gasteiger partial charge in [-0.3, -0.25) is 19.2 Å². The Morgan fingerprint density at radius 2 is 1.27 bits per heavy atom. The Bertz CT molecular complexity index is 1770. The lowest BCUT2D eigenvalue weighted by Gasteiger charge is -2.43. The highest BCUT2D eigenvalue weighted by Gasteiger charge is 2.77. The molecule has 5 rings (SSSR count). The van der Waals surface area contributed by atoms with E-state index >= 15 is 0 Å². The van der Waals surface area contributed by atoms with Gasteiger partial charge >= 0.3 is 23.9 Å². The third-order valence-corrected chi connectivity index (χ3v) is 10.2. The Labute approximate surface area is 299 Å². The van der Waals surface area contributed by atoms with Crippen LogP contribution in [0.1, 0.15) is 62.3 Å². The Hall–Kier alpha value is -4.76. The van der Waals surface area contributed by atoms with Gasteiger partial charge in [0.2, 0.25) is 5.60 Å². The molecule has 0 spiro atoms. The zero-order valence-electron chi connectivity index (χ0n) is 29.5. The Kier molecular flexibility index (Phi) is 10.4. The maximum atomic E-state index is 14.9. The van der Waals surface area contributed by atoms with E-state index in [1.54, 1.807) is 12.1 Å². The number of Topliss-reactive ketones (excluding diaryl/α,β-unsaturated/α-hetero) is 2. The largest absolute Gasteiger partial charge is 0.459 e. The summed E-state index contributed by atoms with van der Waals surface area (Å²) in [5.74, 6) is -9.48. The number of carbonyl (C=O) groups excluding carboxylic acids is 6. The minimum absolute atomic E-state index is 0.000907. The van der Waals surface area contributed by atoms with Gasteiger partial charge in [-0.05, 0) is 31.2 Å². The van der Waals surface area contributed by atoms with E-state index < -0.39 is 112 Å². The zero-order valence-corrected chi connectivity index (χ0v) is 29.5. The number of epoxide rings is 1. The Morgan fingerprint density at radius 3 is 1.75 bits per heavy atom. The molecule has 14 nitrogen and oxygen atoms in total. The molecule has 0 radical (unpaired) electrons. The lowest BCUT2D eigenvalue weighted by atomic mass is 9.70. The summed E-state index contributed by atoms with van der Waals surface area (Å²) < 4.78 is 28.9. The van der Waals surface area contributed by atoms with Crippen LogP contribution < -0.4 is 0 Å². The third kappa shape index (κ3) is 6.55. The van der Waals surface area contributed by atoms with Crippen molar-refractivity contribution in [1.82, 2.24) is 0 Å². The maximum Gasteiger partial charge on any atom is 0.338 e. The average molecular weight is 723 g/mol. The van der Waals surface area contributed by atoms with Crippen LogP contribution >= 0.6 is 0 Å². The minimum atomic E-state index is -2.86. The molecule has 2 aliphatic carbocycles. The molecule has 14 heteroatoms. The van der Waals surface area contributed by atoms with Crippen LogP contribution in [0, 0.1) is 17.3 Å². The summed E-state index contributed by atoms with van der Waals surface area (Å²) in [5, 5.41) is 35.8. The van der Waals surface area contributed by atoms with E-state index in [1.807, 2.05) is 0 Å². The fourth-order valence-electron chi connectivity index (χ4n) is 7.47. The number of rotatable bonds is 6. The van der Waals surface area contributed by atoms with Crippen LogP contribution in [-0.4, -0.2) is 105 Å². The van der Waals surface area contributed by atoms with Gasteiger partial charge < -0.3 is 39.0 Å². The molecule has 2 aromatic rings. The van der Waals surface area contributed by atoms with Crippen molar-refractivity contribution in [3.63, 3.8) is 0 Å². The first kappa shape index (κ1) is 38.5. The number of benzene rings is 2. The standard InChI is InChI=1S/C38H42O14/c1-18-26(50-33(44)22-14-10-8-11-15-22)24-31(48-20(3)39)37(7,47)35(46)38(24,52-21(4)40)29(42)19(2)28-32(49-28)36(5,6)30(43)25(41)27(18)51-34(45)23-16-12-9-13-17-23/h8-17,19,24-28,31-32,35,41,46-47H,1H2,2-7H3/t19-,24-,25-,26+,27+,28-,31-,32+,35+,37+,38-/m1/s1. The molecule has 3 fully saturated rings. The molecule has 2 saturated carbocycles. The van der Waals surface area contributed by atoms with Crippen molar-refractivity contribution in [1.29, 1.82) is 0 Å². The van der Waals surface area contributed by atoms with Gasteiger partial charge in [-0.2, -0.15) is 0 Å². The SMILES string of the molecule is C=C1[C@H](OC(=O)c2ccccc2)[C@@H]2[C@@H](OC(C)=O)[C@](C)(O)[C@H](O)[C@]2(OC(C)=O)C(=O)[C@H](C)[C@H]2O[C@@H]2C(C)(C)C(=O)[C@H](O)[C@H]1OC(=O)c1ccccc1. The predicted octanol–water partition coefficient (Wildman–Crippen LogP) is 1.91. The van der Waals surface area contributed by atoms with Gasteiger partial charge in [0.05, 0.1) is 34.7 Å². The van der Waals surface area contributed by atoms with Crippen molar-refractivity contribution in [3.8, 4) is 0 Å². The summed E-state index contributed by atoms with van der Waals surface area (Å²) >= 11 is 0. The normalized spacial score (nSPS) is 35.5. The first-order valence-corrected chi connectivity index (χ1v) is 16.7. The highest BCUT2D eigenvalue weighted by atomic mass is 16.6. The molecule has 0 aromatic heterocycles. The number of esters is 4.